The number of rotatable bonds is 3. The van der Waals surface area contributed by atoms with Crippen LogP contribution in [0, 0.1) is 11.7 Å². The van der Waals surface area contributed by atoms with Crippen LogP contribution in [0.3, 0.4) is 0 Å². The highest BCUT2D eigenvalue weighted by Gasteiger charge is 2.46. The molecule has 2 aromatic rings. The average molecular weight is 337 g/mol. The minimum absolute atomic E-state index is 0.00742. The molecule has 1 aliphatic heterocycles. The van der Waals surface area contributed by atoms with E-state index in [2.05, 4.69) is 29.2 Å². The summed E-state index contributed by atoms with van der Waals surface area (Å²) in [6, 6.07) is 17.6. The number of hydrogen-bond donors (Lipinski definition) is 0. The van der Waals surface area contributed by atoms with E-state index in [4.69, 9.17) is 0 Å². The molecule has 0 spiro atoms. The van der Waals surface area contributed by atoms with E-state index < -0.39 is 0 Å². The van der Waals surface area contributed by atoms with Gasteiger partial charge in [0.1, 0.15) is 11.6 Å². The van der Waals surface area contributed by atoms with Crippen LogP contribution >= 0.6 is 0 Å². The summed E-state index contributed by atoms with van der Waals surface area (Å²) in [7, 11) is 0. The Morgan fingerprint density at radius 2 is 1.88 bits per heavy atom. The highest BCUT2D eigenvalue weighted by atomic mass is 19.1. The van der Waals surface area contributed by atoms with Crippen LogP contribution in [0.1, 0.15) is 42.7 Å². The number of nitrogens with zero attached hydrogens (tertiary/aromatic N) is 1. The molecule has 0 amide bonds. The molecule has 1 aliphatic carbocycles. The SMILES string of the molecule is O=C1CCCC[C@@H]2[C@@H]1[C@H](c1cccc(F)c1)CN2Cc1ccccc1. The predicted octanol–water partition coefficient (Wildman–Crippen LogP) is 4.55. The van der Waals surface area contributed by atoms with Gasteiger partial charge in [0.2, 0.25) is 0 Å². The van der Waals surface area contributed by atoms with Gasteiger partial charge in [0.25, 0.3) is 0 Å². The van der Waals surface area contributed by atoms with Crippen molar-refractivity contribution in [1.82, 2.24) is 4.90 Å². The first kappa shape index (κ1) is 16.5. The summed E-state index contributed by atoms with van der Waals surface area (Å²) in [6.45, 7) is 1.69. The highest BCUT2D eigenvalue weighted by Crippen LogP contribution is 2.43. The van der Waals surface area contributed by atoms with Crippen molar-refractivity contribution < 1.29 is 9.18 Å². The van der Waals surface area contributed by atoms with E-state index in [-0.39, 0.29) is 23.7 Å². The quantitative estimate of drug-likeness (QED) is 0.819. The molecule has 0 aromatic heterocycles. The summed E-state index contributed by atoms with van der Waals surface area (Å²) < 4.78 is 13.8. The zero-order chi connectivity index (χ0) is 17.2. The molecule has 0 radical (unpaired) electrons. The van der Waals surface area contributed by atoms with E-state index in [1.54, 1.807) is 12.1 Å². The number of hydrogen-bond acceptors (Lipinski definition) is 2. The van der Waals surface area contributed by atoms with Crippen LogP contribution in [0.15, 0.2) is 54.6 Å². The van der Waals surface area contributed by atoms with E-state index >= 15 is 0 Å². The smallest absolute Gasteiger partial charge is 0.138 e. The lowest BCUT2D eigenvalue weighted by Gasteiger charge is -2.26. The molecule has 2 aliphatic rings. The fourth-order valence-corrected chi connectivity index (χ4v) is 4.67. The number of fused-ring (bicyclic) bond motifs is 1. The lowest BCUT2D eigenvalue weighted by Crippen LogP contribution is -2.34. The Balaban J connectivity index is 1.66. The first-order chi connectivity index (χ1) is 12.2. The van der Waals surface area contributed by atoms with E-state index in [1.165, 1.54) is 11.6 Å². The summed E-state index contributed by atoms with van der Waals surface area (Å²) in [5.41, 5.74) is 2.25. The Labute approximate surface area is 148 Å². The summed E-state index contributed by atoms with van der Waals surface area (Å²) >= 11 is 0. The van der Waals surface area contributed by atoms with E-state index in [0.717, 1.165) is 37.9 Å². The van der Waals surface area contributed by atoms with Crippen molar-refractivity contribution in [2.24, 2.45) is 5.92 Å². The number of ketones is 1. The third-order valence-corrected chi connectivity index (χ3v) is 5.80. The first-order valence-electron chi connectivity index (χ1n) is 9.28. The van der Waals surface area contributed by atoms with E-state index in [1.807, 2.05) is 12.1 Å². The molecule has 130 valence electrons. The number of carbonyl (C=O) groups is 1. The maximum atomic E-state index is 13.8. The molecule has 3 atom stereocenters. The molecule has 1 saturated carbocycles. The van der Waals surface area contributed by atoms with Crippen LogP contribution in [0.5, 0.6) is 0 Å². The number of Topliss-reactive ketones (excluding diaryl/α,β-unsaturated/α-hetero) is 1. The Bertz CT molecular complexity index is 745. The van der Waals surface area contributed by atoms with Gasteiger partial charge in [0.15, 0.2) is 0 Å². The third kappa shape index (κ3) is 3.38. The third-order valence-electron chi connectivity index (χ3n) is 5.80. The fourth-order valence-electron chi connectivity index (χ4n) is 4.67. The van der Waals surface area contributed by atoms with Gasteiger partial charge in [-0.25, -0.2) is 4.39 Å². The monoisotopic (exact) mass is 337 g/mol. The van der Waals surface area contributed by atoms with Gasteiger partial charge < -0.3 is 0 Å². The first-order valence-corrected chi connectivity index (χ1v) is 9.28. The average Bonchev–Trinajstić information content (AvgIpc) is 2.86. The zero-order valence-electron chi connectivity index (χ0n) is 14.4. The second-order valence-electron chi connectivity index (χ2n) is 7.38. The Morgan fingerprint density at radius 1 is 1.04 bits per heavy atom. The Morgan fingerprint density at radius 3 is 2.68 bits per heavy atom. The second kappa shape index (κ2) is 7.09. The van der Waals surface area contributed by atoms with Gasteiger partial charge in [-0.15, -0.1) is 0 Å². The Kier molecular flexibility index (Phi) is 4.67. The normalized spacial score (nSPS) is 27.1. The minimum Gasteiger partial charge on any atom is -0.299 e. The Hall–Kier alpha value is -2.00. The number of benzene rings is 2. The van der Waals surface area contributed by atoms with Gasteiger partial charge in [-0.1, -0.05) is 48.9 Å². The van der Waals surface area contributed by atoms with Crippen LogP contribution in [0.2, 0.25) is 0 Å². The molecule has 2 fully saturated rings. The van der Waals surface area contributed by atoms with Gasteiger partial charge in [-0.05, 0) is 36.1 Å². The standard InChI is InChI=1S/C22H24FNO/c23-18-10-6-9-17(13-18)19-15-24(14-16-7-2-1-3-8-16)20-11-4-5-12-21(25)22(19)20/h1-3,6-10,13,19-20,22H,4-5,11-12,14-15H2/t19-,20+,22-/m0/s1. The van der Waals surface area contributed by atoms with Gasteiger partial charge in [0.05, 0.1) is 0 Å². The molecule has 0 N–H and O–H groups in total. The van der Waals surface area contributed by atoms with Crippen molar-refractivity contribution in [1.29, 1.82) is 0 Å². The maximum absolute atomic E-state index is 13.8. The topological polar surface area (TPSA) is 20.3 Å². The predicted molar refractivity (Wildman–Crippen MR) is 96.7 cm³/mol. The molecule has 25 heavy (non-hydrogen) atoms. The lowest BCUT2D eigenvalue weighted by molar-refractivity contribution is -0.123. The van der Waals surface area contributed by atoms with Crippen molar-refractivity contribution in [2.45, 2.75) is 44.2 Å². The largest absolute Gasteiger partial charge is 0.299 e. The number of carbonyl (C=O) groups excluding carboxylic acids is 1. The van der Waals surface area contributed by atoms with Gasteiger partial charge in [0, 0.05) is 37.4 Å². The summed E-state index contributed by atoms with van der Waals surface area (Å²) in [5.74, 6) is 0.270. The van der Waals surface area contributed by atoms with Gasteiger partial charge >= 0.3 is 0 Å². The molecule has 0 unspecified atom stereocenters. The van der Waals surface area contributed by atoms with Crippen molar-refractivity contribution >= 4 is 5.78 Å². The van der Waals surface area contributed by atoms with Gasteiger partial charge in [-0.3, -0.25) is 9.69 Å². The molecular weight excluding hydrogens is 313 g/mol. The van der Waals surface area contributed by atoms with Crippen molar-refractivity contribution in [2.75, 3.05) is 6.54 Å². The second-order valence-corrected chi connectivity index (χ2v) is 7.38. The summed E-state index contributed by atoms with van der Waals surface area (Å²) in [5, 5.41) is 0. The highest BCUT2D eigenvalue weighted by molar-refractivity contribution is 5.83. The van der Waals surface area contributed by atoms with Crippen LogP contribution in [-0.2, 0) is 11.3 Å². The van der Waals surface area contributed by atoms with Gasteiger partial charge in [-0.2, -0.15) is 0 Å². The minimum atomic E-state index is -0.211. The number of halogens is 1. The summed E-state index contributed by atoms with van der Waals surface area (Å²) in [4.78, 5) is 15.3. The van der Waals surface area contributed by atoms with E-state index in [0.29, 0.717) is 12.2 Å². The molecule has 2 nitrogen and oxygen atoms in total. The summed E-state index contributed by atoms with van der Waals surface area (Å²) in [6.07, 6.45) is 3.83. The molecule has 4 rings (SSSR count). The van der Waals surface area contributed by atoms with Crippen LogP contribution < -0.4 is 0 Å². The van der Waals surface area contributed by atoms with Crippen LogP contribution in [0.4, 0.5) is 4.39 Å². The number of likely N-dealkylation sites (tertiary alicyclic amines) is 1. The lowest BCUT2D eigenvalue weighted by atomic mass is 9.82. The van der Waals surface area contributed by atoms with E-state index in [9.17, 15) is 9.18 Å². The fraction of sp³-hybridized carbons (Fsp3) is 0.409. The molecule has 1 heterocycles. The molecule has 0 bridgehead atoms. The molecule has 2 aromatic carbocycles. The maximum Gasteiger partial charge on any atom is 0.138 e. The zero-order valence-corrected chi connectivity index (χ0v) is 14.4. The molecule has 1 saturated heterocycles. The van der Waals surface area contributed by atoms with Crippen molar-refractivity contribution in [3.05, 3.63) is 71.5 Å². The molecular formula is C22H24FNO. The molecule has 3 heteroatoms. The van der Waals surface area contributed by atoms with Crippen LogP contribution in [0.25, 0.3) is 0 Å². The van der Waals surface area contributed by atoms with Crippen molar-refractivity contribution in [3.63, 3.8) is 0 Å². The van der Waals surface area contributed by atoms with Crippen molar-refractivity contribution in [3.8, 4) is 0 Å². The van der Waals surface area contributed by atoms with Crippen LogP contribution in [-0.4, -0.2) is 23.3 Å².